The summed E-state index contributed by atoms with van der Waals surface area (Å²) in [5.74, 6) is 2.08. The fourth-order valence-electron chi connectivity index (χ4n) is 3.71. The molecule has 0 bridgehead atoms. The normalized spacial score (nSPS) is 22.5. The van der Waals surface area contributed by atoms with Crippen molar-refractivity contribution in [3.05, 3.63) is 24.3 Å². The van der Waals surface area contributed by atoms with Crippen molar-refractivity contribution in [2.24, 2.45) is 10.9 Å². The molecule has 0 saturated carbocycles. The predicted molar refractivity (Wildman–Crippen MR) is 103 cm³/mol. The maximum Gasteiger partial charge on any atom is 0.194 e. The molecule has 0 radical (unpaired) electrons. The Morgan fingerprint density at radius 2 is 1.96 bits per heavy atom. The second kappa shape index (κ2) is 8.43. The molecule has 1 atom stereocenters. The van der Waals surface area contributed by atoms with Crippen LogP contribution >= 0.6 is 0 Å². The maximum atomic E-state index is 10.1. The fraction of sp³-hybridized carbons (Fsp3) is 0.632. The van der Waals surface area contributed by atoms with Gasteiger partial charge in [0.2, 0.25) is 0 Å². The topological polar surface area (TPSA) is 54.3 Å². The Morgan fingerprint density at radius 3 is 2.60 bits per heavy atom. The molecule has 138 valence electrons. The highest BCUT2D eigenvalue weighted by Crippen LogP contribution is 2.27. The van der Waals surface area contributed by atoms with Crippen LogP contribution in [-0.2, 0) is 0 Å². The van der Waals surface area contributed by atoms with Gasteiger partial charge in [0.1, 0.15) is 5.75 Å². The van der Waals surface area contributed by atoms with Crippen LogP contribution in [0.25, 0.3) is 0 Å². The number of phenols is 1. The number of likely N-dealkylation sites (tertiary alicyclic amines) is 1. The Labute approximate surface area is 151 Å². The smallest absolute Gasteiger partial charge is 0.194 e. The molecule has 0 amide bonds. The third kappa shape index (κ3) is 4.57. The van der Waals surface area contributed by atoms with Crippen molar-refractivity contribution in [2.75, 3.05) is 64.3 Å². The van der Waals surface area contributed by atoms with Crippen molar-refractivity contribution >= 4 is 11.6 Å². The number of benzene rings is 1. The highest BCUT2D eigenvalue weighted by molar-refractivity contribution is 5.80. The van der Waals surface area contributed by atoms with Crippen molar-refractivity contribution < 1.29 is 5.11 Å². The molecule has 3 rings (SSSR count). The number of aliphatic imine (C=N–C) groups is 1. The van der Waals surface area contributed by atoms with Gasteiger partial charge in [-0.3, -0.25) is 4.99 Å². The Balaban J connectivity index is 1.57. The molecular weight excluding hydrogens is 314 g/mol. The number of anilines is 1. The van der Waals surface area contributed by atoms with Crippen molar-refractivity contribution in [1.82, 2.24) is 15.1 Å². The summed E-state index contributed by atoms with van der Waals surface area (Å²) < 4.78 is 0. The molecule has 2 N–H and O–H groups in total. The van der Waals surface area contributed by atoms with Crippen LogP contribution in [0.15, 0.2) is 29.3 Å². The summed E-state index contributed by atoms with van der Waals surface area (Å²) in [5, 5.41) is 13.5. The molecule has 1 aromatic rings. The molecule has 2 aliphatic rings. The lowest BCUT2D eigenvalue weighted by Gasteiger charge is -2.38. The van der Waals surface area contributed by atoms with Gasteiger partial charge in [-0.1, -0.05) is 12.1 Å². The summed E-state index contributed by atoms with van der Waals surface area (Å²) in [4.78, 5) is 11.9. The molecule has 2 aliphatic heterocycles. The molecule has 2 saturated heterocycles. The van der Waals surface area contributed by atoms with E-state index in [1.54, 1.807) is 6.07 Å². The predicted octanol–water partition coefficient (Wildman–Crippen LogP) is 1.43. The van der Waals surface area contributed by atoms with E-state index in [9.17, 15) is 5.11 Å². The summed E-state index contributed by atoms with van der Waals surface area (Å²) in [6, 6.07) is 7.59. The lowest BCUT2D eigenvalue weighted by Crippen LogP contribution is -2.52. The minimum Gasteiger partial charge on any atom is -0.506 e. The Morgan fingerprint density at radius 1 is 1.20 bits per heavy atom. The summed E-state index contributed by atoms with van der Waals surface area (Å²) in [6.45, 7) is 9.91. The zero-order valence-electron chi connectivity index (χ0n) is 15.5. The van der Waals surface area contributed by atoms with Gasteiger partial charge in [-0.15, -0.1) is 0 Å². The van der Waals surface area contributed by atoms with Crippen LogP contribution in [0, 0.1) is 5.92 Å². The molecule has 6 heteroatoms. The van der Waals surface area contributed by atoms with Crippen molar-refractivity contribution in [3.63, 3.8) is 0 Å². The van der Waals surface area contributed by atoms with Gasteiger partial charge in [-0.2, -0.15) is 0 Å². The van der Waals surface area contributed by atoms with E-state index in [0.717, 1.165) is 57.5 Å². The first-order valence-corrected chi connectivity index (χ1v) is 9.42. The average Bonchev–Trinajstić information content (AvgIpc) is 3.05. The summed E-state index contributed by atoms with van der Waals surface area (Å²) >= 11 is 0. The number of hydrogen-bond donors (Lipinski definition) is 2. The van der Waals surface area contributed by atoms with Crippen molar-refractivity contribution in [1.29, 1.82) is 0 Å². The lowest BCUT2D eigenvalue weighted by atomic mass is 10.1. The van der Waals surface area contributed by atoms with Crippen LogP contribution < -0.4 is 10.2 Å². The number of rotatable bonds is 4. The van der Waals surface area contributed by atoms with Gasteiger partial charge in [0, 0.05) is 45.8 Å². The summed E-state index contributed by atoms with van der Waals surface area (Å²) in [5.41, 5.74) is 0.929. The maximum absolute atomic E-state index is 10.1. The largest absolute Gasteiger partial charge is 0.506 e. The van der Waals surface area contributed by atoms with Crippen molar-refractivity contribution in [3.8, 4) is 5.75 Å². The quantitative estimate of drug-likeness (QED) is 0.639. The molecule has 2 fully saturated rings. The molecular formula is C19H31N5O. The number of phenolic OH excluding ortho intramolecular Hbond substituents is 1. The van der Waals surface area contributed by atoms with E-state index < -0.39 is 0 Å². The van der Waals surface area contributed by atoms with Crippen LogP contribution in [0.1, 0.15) is 13.3 Å². The van der Waals surface area contributed by atoms with Crippen LogP contribution in [0.3, 0.4) is 0 Å². The third-order valence-electron chi connectivity index (χ3n) is 5.12. The van der Waals surface area contributed by atoms with Crippen LogP contribution in [0.4, 0.5) is 5.69 Å². The van der Waals surface area contributed by atoms with Crippen molar-refractivity contribution in [2.45, 2.75) is 13.3 Å². The summed E-state index contributed by atoms with van der Waals surface area (Å²) in [7, 11) is 2.19. The van der Waals surface area contributed by atoms with E-state index in [1.165, 1.54) is 13.0 Å². The van der Waals surface area contributed by atoms with Gasteiger partial charge in [0.05, 0.1) is 5.69 Å². The number of hydrogen-bond acceptors (Lipinski definition) is 4. The van der Waals surface area contributed by atoms with Gasteiger partial charge in [-0.05, 0) is 45.0 Å². The molecule has 1 aromatic carbocycles. The number of aromatic hydroxyl groups is 1. The van der Waals surface area contributed by atoms with Gasteiger partial charge >= 0.3 is 0 Å². The highest BCUT2D eigenvalue weighted by Gasteiger charge is 2.23. The molecule has 1 unspecified atom stereocenters. The van der Waals surface area contributed by atoms with E-state index in [2.05, 4.69) is 34.0 Å². The van der Waals surface area contributed by atoms with E-state index >= 15 is 0 Å². The third-order valence-corrected chi connectivity index (χ3v) is 5.12. The molecule has 0 aromatic heterocycles. The van der Waals surface area contributed by atoms with Crippen LogP contribution in [0.5, 0.6) is 5.75 Å². The second-order valence-electron chi connectivity index (χ2n) is 7.07. The Hall–Kier alpha value is -1.95. The number of para-hydroxylation sites is 2. The van der Waals surface area contributed by atoms with Crippen LogP contribution in [-0.4, -0.2) is 80.3 Å². The second-order valence-corrected chi connectivity index (χ2v) is 7.07. The van der Waals surface area contributed by atoms with E-state index in [0.29, 0.717) is 11.7 Å². The van der Waals surface area contributed by atoms with Gasteiger partial charge in [0.25, 0.3) is 0 Å². The van der Waals surface area contributed by atoms with Gasteiger partial charge in [-0.25, -0.2) is 0 Å². The summed E-state index contributed by atoms with van der Waals surface area (Å²) in [6.07, 6.45) is 1.25. The lowest BCUT2D eigenvalue weighted by molar-refractivity contribution is 0.367. The Bertz CT molecular complexity index is 583. The zero-order valence-corrected chi connectivity index (χ0v) is 15.5. The van der Waals surface area contributed by atoms with E-state index in [1.807, 2.05) is 18.2 Å². The molecule has 0 spiro atoms. The minimum atomic E-state index is 0.363. The van der Waals surface area contributed by atoms with E-state index in [4.69, 9.17) is 4.99 Å². The van der Waals surface area contributed by atoms with Gasteiger partial charge < -0.3 is 25.1 Å². The van der Waals surface area contributed by atoms with Crippen LogP contribution in [0.2, 0.25) is 0 Å². The van der Waals surface area contributed by atoms with E-state index in [-0.39, 0.29) is 0 Å². The van der Waals surface area contributed by atoms with Gasteiger partial charge in [0.15, 0.2) is 5.96 Å². The monoisotopic (exact) mass is 345 g/mol. The first-order chi connectivity index (χ1) is 12.2. The standard InChI is InChI=1S/C19H31N5O/c1-3-20-19(21-14-16-8-9-22(2)15-16)24-12-10-23(11-13-24)17-6-4-5-7-18(17)25/h4-7,16,25H,3,8-15H2,1-2H3,(H,20,21). The Kier molecular flexibility index (Phi) is 6.02. The highest BCUT2D eigenvalue weighted by atomic mass is 16.3. The fourth-order valence-corrected chi connectivity index (χ4v) is 3.71. The molecule has 25 heavy (non-hydrogen) atoms. The number of piperazine rings is 1. The number of nitrogens with zero attached hydrogens (tertiary/aromatic N) is 4. The first-order valence-electron chi connectivity index (χ1n) is 9.42. The zero-order chi connectivity index (χ0) is 17.6. The first kappa shape index (κ1) is 17.9. The SMILES string of the molecule is CCNC(=NCC1CCN(C)C1)N1CCN(c2ccccc2O)CC1. The number of guanidine groups is 1. The minimum absolute atomic E-state index is 0.363. The molecule has 0 aliphatic carbocycles. The average molecular weight is 345 g/mol. The number of nitrogens with one attached hydrogen (secondary N) is 1. The molecule has 2 heterocycles. The molecule has 6 nitrogen and oxygen atoms in total.